The van der Waals surface area contributed by atoms with Crippen molar-refractivity contribution in [3.8, 4) is 0 Å². The number of pyridine rings is 1. The van der Waals surface area contributed by atoms with E-state index in [1.54, 1.807) is 0 Å². The molecule has 0 aliphatic rings. The molecule has 3 heteroatoms. The van der Waals surface area contributed by atoms with Crippen molar-refractivity contribution in [1.82, 2.24) is 10.3 Å². The number of aromatic nitrogens is 1. The van der Waals surface area contributed by atoms with E-state index >= 15 is 0 Å². The molecule has 2 nitrogen and oxygen atoms in total. The fraction of sp³-hybridized carbons (Fsp3) is 0.118. The molecule has 0 bridgehead atoms. The molecule has 0 spiro atoms. The average Bonchev–Trinajstić information content (AvgIpc) is 2.50. The molecule has 100 valence electrons. The standard InChI is InChI=1S/C17H15ClN2/c1-19-17(14-8-4-5-9-16(14)18)15-11-20-10-12-6-2-3-7-13(12)15/h2-11,17,19H,1H3. The molecule has 1 unspecified atom stereocenters. The van der Waals surface area contributed by atoms with Crippen LogP contribution in [-0.4, -0.2) is 12.0 Å². The quantitative estimate of drug-likeness (QED) is 0.779. The predicted molar refractivity (Wildman–Crippen MR) is 84.1 cm³/mol. The minimum absolute atomic E-state index is 0.0299. The van der Waals surface area contributed by atoms with Gasteiger partial charge in [0.1, 0.15) is 0 Å². The lowest BCUT2D eigenvalue weighted by atomic mass is 9.96. The first kappa shape index (κ1) is 13.1. The van der Waals surface area contributed by atoms with Gasteiger partial charge in [0.2, 0.25) is 0 Å². The van der Waals surface area contributed by atoms with E-state index in [2.05, 4.69) is 22.4 Å². The number of nitrogens with one attached hydrogen (secondary N) is 1. The zero-order valence-electron chi connectivity index (χ0n) is 11.2. The van der Waals surface area contributed by atoms with Crippen LogP contribution >= 0.6 is 11.6 Å². The predicted octanol–water partition coefficient (Wildman–Crippen LogP) is 4.20. The molecule has 0 aliphatic carbocycles. The van der Waals surface area contributed by atoms with Crippen molar-refractivity contribution in [2.45, 2.75) is 6.04 Å². The van der Waals surface area contributed by atoms with Gasteiger partial charge in [-0.15, -0.1) is 0 Å². The Labute approximate surface area is 123 Å². The number of nitrogens with zero attached hydrogens (tertiary/aromatic N) is 1. The molecule has 3 rings (SSSR count). The van der Waals surface area contributed by atoms with E-state index in [1.165, 1.54) is 5.39 Å². The molecule has 1 aromatic heterocycles. The summed E-state index contributed by atoms with van der Waals surface area (Å²) < 4.78 is 0. The Balaban J connectivity index is 2.20. The van der Waals surface area contributed by atoms with Gasteiger partial charge in [-0.25, -0.2) is 0 Å². The first-order chi connectivity index (χ1) is 9.81. The van der Waals surface area contributed by atoms with Crippen LogP contribution in [-0.2, 0) is 0 Å². The molecule has 0 radical (unpaired) electrons. The van der Waals surface area contributed by atoms with Crippen LogP contribution < -0.4 is 5.32 Å². The van der Waals surface area contributed by atoms with Gasteiger partial charge < -0.3 is 5.32 Å². The highest BCUT2D eigenvalue weighted by Gasteiger charge is 2.17. The summed E-state index contributed by atoms with van der Waals surface area (Å²) in [6.45, 7) is 0. The monoisotopic (exact) mass is 282 g/mol. The molecule has 0 fully saturated rings. The van der Waals surface area contributed by atoms with Gasteiger partial charge >= 0.3 is 0 Å². The molecule has 0 aliphatic heterocycles. The summed E-state index contributed by atoms with van der Waals surface area (Å²) in [5, 5.41) is 6.44. The van der Waals surface area contributed by atoms with E-state index in [9.17, 15) is 0 Å². The molecule has 1 atom stereocenters. The molecule has 0 saturated carbocycles. The van der Waals surface area contributed by atoms with Gasteiger partial charge in [0.05, 0.1) is 6.04 Å². The van der Waals surface area contributed by atoms with Crippen molar-refractivity contribution in [3.05, 3.63) is 77.1 Å². The first-order valence-corrected chi connectivity index (χ1v) is 6.93. The van der Waals surface area contributed by atoms with Crippen LogP contribution in [0.2, 0.25) is 5.02 Å². The molecule has 20 heavy (non-hydrogen) atoms. The van der Waals surface area contributed by atoms with Crippen LogP contribution in [0, 0.1) is 0 Å². The third kappa shape index (κ3) is 2.28. The summed E-state index contributed by atoms with van der Waals surface area (Å²) in [6.07, 6.45) is 3.80. The maximum atomic E-state index is 6.34. The Morgan fingerprint density at radius 1 is 0.950 bits per heavy atom. The summed E-state index contributed by atoms with van der Waals surface area (Å²) in [4.78, 5) is 4.35. The van der Waals surface area contributed by atoms with Gasteiger partial charge in [0, 0.05) is 22.8 Å². The Morgan fingerprint density at radius 3 is 2.50 bits per heavy atom. The van der Waals surface area contributed by atoms with Crippen LogP contribution in [0.1, 0.15) is 17.2 Å². The summed E-state index contributed by atoms with van der Waals surface area (Å²) in [5.74, 6) is 0. The number of benzene rings is 2. The Morgan fingerprint density at radius 2 is 1.70 bits per heavy atom. The number of rotatable bonds is 3. The zero-order chi connectivity index (χ0) is 13.9. The van der Waals surface area contributed by atoms with E-state index < -0.39 is 0 Å². The molecule has 1 heterocycles. The third-order valence-electron chi connectivity index (χ3n) is 3.51. The molecule has 3 aromatic rings. The van der Waals surface area contributed by atoms with Crippen molar-refractivity contribution in [1.29, 1.82) is 0 Å². The summed E-state index contributed by atoms with van der Waals surface area (Å²) in [5.41, 5.74) is 2.20. The smallest absolute Gasteiger partial charge is 0.0610 e. The minimum atomic E-state index is 0.0299. The molecule has 0 amide bonds. The van der Waals surface area contributed by atoms with Crippen molar-refractivity contribution >= 4 is 22.4 Å². The van der Waals surface area contributed by atoms with Gasteiger partial charge in [-0.1, -0.05) is 54.1 Å². The van der Waals surface area contributed by atoms with Crippen LogP contribution in [0.4, 0.5) is 0 Å². The van der Waals surface area contributed by atoms with Gasteiger partial charge in [-0.3, -0.25) is 4.98 Å². The van der Waals surface area contributed by atoms with Crippen LogP contribution in [0.3, 0.4) is 0 Å². The maximum Gasteiger partial charge on any atom is 0.0610 e. The Hall–Kier alpha value is -1.90. The number of fused-ring (bicyclic) bond motifs is 1. The zero-order valence-corrected chi connectivity index (χ0v) is 11.9. The average molecular weight is 283 g/mol. The molecule has 0 saturated heterocycles. The van der Waals surface area contributed by atoms with E-state index in [0.717, 1.165) is 21.5 Å². The molecular formula is C17H15ClN2. The molecule has 1 N–H and O–H groups in total. The van der Waals surface area contributed by atoms with E-state index in [4.69, 9.17) is 11.6 Å². The number of hydrogen-bond acceptors (Lipinski definition) is 2. The largest absolute Gasteiger partial charge is 0.309 e. The van der Waals surface area contributed by atoms with Gasteiger partial charge in [-0.2, -0.15) is 0 Å². The lowest BCUT2D eigenvalue weighted by Gasteiger charge is -2.20. The Kier molecular flexibility index (Phi) is 3.68. The van der Waals surface area contributed by atoms with Gasteiger partial charge in [-0.05, 0) is 29.6 Å². The van der Waals surface area contributed by atoms with Crippen LogP contribution in [0.5, 0.6) is 0 Å². The third-order valence-corrected chi connectivity index (χ3v) is 3.86. The van der Waals surface area contributed by atoms with E-state index in [0.29, 0.717) is 0 Å². The normalized spacial score (nSPS) is 12.5. The van der Waals surface area contributed by atoms with Crippen LogP contribution in [0.15, 0.2) is 60.9 Å². The minimum Gasteiger partial charge on any atom is -0.309 e. The topological polar surface area (TPSA) is 24.9 Å². The highest BCUT2D eigenvalue weighted by molar-refractivity contribution is 6.31. The van der Waals surface area contributed by atoms with Crippen molar-refractivity contribution in [2.75, 3.05) is 7.05 Å². The summed E-state index contributed by atoms with van der Waals surface area (Å²) >= 11 is 6.34. The molecule has 2 aromatic carbocycles. The SMILES string of the molecule is CNC(c1ccccc1Cl)c1cncc2ccccc12. The number of hydrogen-bond donors (Lipinski definition) is 1. The lowest BCUT2D eigenvalue weighted by molar-refractivity contribution is 0.694. The van der Waals surface area contributed by atoms with Gasteiger partial charge in [0.15, 0.2) is 0 Å². The second-order valence-corrected chi connectivity index (χ2v) is 5.10. The lowest BCUT2D eigenvalue weighted by Crippen LogP contribution is -2.18. The second-order valence-electron chi connectivity index (χ2n) is 4.69. The number of halogens is 1. The van der Waals surface area contributed by atoms with Crippen molar-refractivity contribution in [3.63, 3.8) is 0 Å². The van der Waals surface area contributed by atoms with Crippen LogP contribution in [0.25, 0.3) is 10.8 Å². The highest BCUT2D eigenvalue weighted by Crippen LogP contribution is 2.31. The van der Waals surface area contributed by atoms with E-state index in [-0.39, 0.29) is 6.04 Å². The fourth-order valence-electron chi connectivity index (χ4n) is 2.56. The van der Waals surface area contributed by atoms with Crippen molar-refractivity contribution < 1.29 is 0 Å². The highest BCUT2D eigenvalue weighted by atomic mass is 35.5. The van der Waals surface area contributed by atoms with Gasteiger partial charge in [0.25, 0.3) is 0 Å². The fourth-order valence-corrected chi connectivity index (χ4v) is 2.80. The first-order valence-electron chi connectivity index (χ1n) is 6.55. The summed E-state index contributed by atoms with van der Waals surface area (Å²) in [7, 11) is 1.94. The van der Waals surface area contributed by atoms with E-state index in [1.807, 2.05) is 55.8 Å². The van der Waals surface area contributed by atoms with Crippen molar-refractivity contribution in [2.24, 2.45) is 0 Å². The molecular weight excluding hydrogens is 268 g/mol. The summed E-state index contributed by atoms with van der Waals surface area (Å²) in [6, 6.07) is 16.2. The Bertz CT molecular complexity index is 734. The maximum absolute atomic E-state index is 6.34. The second kappa shape index (κ2) is 5.61.